The number of ketones is 1. The van der Waals surface area contributed by atoms with Gasteiger partial charge in [0.05, 0.1) is 12.7 Å². The predicted octanol–water partition coefficient (Wildman–Crippen LogP) is 2.46. The summed E-state index contributed by atoms with van der Waals surface area (Å²) < 4.78 is 3.35. The van der Waals surface area contributed by atoms with Crippen LogP contribution in [0.2, 0.25) is 0 Å². The van der Waals surface area contributed by atoms with Crippen molar-refractivity contribution < 1.29 is 9.59 Å². The van der Waals surface area contributed by atoms with Gasteiger partial charge in [0.25, 0.3) is 5.91 Å². The summed E-state index contributed by atoms with van der Waals surface area (Å²) in [6.45, 7) is 1.52. The second-order valence-corrected chi connectivity index (χ2v) is 7.46. The molecule has 1 amide bonds. The van der Waals surface area contributed by atoms with E-state index < -0.39 is 0 Å². The van der Waals surface area contributed by atoms with Crippen LogP contribution in [0.1, 0.15) is 39.5 Å². The van der Waals surface area contributed by atoms with Gasteiger partial charge in [0.15, 0.2) is 11.5 Å². The van der Waals surface area contributed by atoms with E-state index in [0.717, 1.165) is 18.4 Å². The van der Waals surface area contributed by atoms with Crippen LogP contribution in [-0.2, 0) is 13.6 Å². The van der Waals surface area contributed by atoms with Crippen LogP contribution in [0.4, 0.5) is 0 Å². The number of nitrogens with zero attached hydrogens (tertiary/aromatic N) is 6. The Morgan fingerprint density at radius 1 is 1.23 bits per heavy atom. The van der Waals surface area contributed by atoms with Gasteiger partial charge in [-0.3, -0.25) is 9.59 Å². The van der Waals surface area contributed by atoms with Gasteiger partial charge in [0.2, 0.25) is 5.78 Å². The number of allylic oxidation sites excluding steroid dienone is 1. The number of imidazole rings is 1. The largest absolute Gasteiger partial charge is 0.336 e. The van der Waals surface area contributed by atoms with Crippen molar-refractivity contribution in [2.24, 2.45) is 13.0 Å². The third kappa shape index (κ3) is 4.37. The molecule has 1 unspecified atom stereocenters. The van der Waals surface area contributed by atoms with E-state index in [1.54, 1.807) is 39.8 Å². The van der Waals surface area contributed by atoms with Crippen LogP contribution in [0.25, 0.3) is 6.08 Å². The Morgan fingerprint density at radius 3 is 2.83 bits per heavy atom. The fourth-order valence-corrected chi connectivity index (χ4v) is 3.67. The zero-order chi connectivity index (χ0) is 20.9. The SMILES string of the molecule is Cn1ccnc1C(=O)C1CCCN(C(=O)c2cn(CC=Cc3ccccc3)nn2)C1. The maximum Gasteiger partial charge on any atom is 0.276 e. The third-order valence-electron chi connectivity index (χ3n) is 5.28. The molecule has 1 aliphatic rings. The molecule has 2 aromatic heterocycles. The van der Waals surface area contributed by atoms with E-state index in [4.69, 9.17) is 0 Å². The van der Waals surface area contributed by atoms with Gasteiger partial charge < -0.3 is 9.47 Å². The first kappa shape index (κ1) is 19.8. The van der Waals surface area contributed by atoms with E-state index >= 15 is 0 Å². The van der Waals surface area contributed by atoms with E-state index in [9.17, 15) is 9.59 Å². The Morgan fingerprint density at radius 2 is 2.07 bits per heavy atom. The van der Waals surface area contributed by atoms with Crippen molar-refractivity contribution in [2.75, 3.05) is 13.1 Å². The first-order valence-corrected chi connectivity index (χ1v) is 10.0. The number of hydrogen-bond donors (Lipinski definition) is 0. The van der Waals surface area contributed by atoms with Crippen molar-refractivity contribution in [1.82, 2.24) is 29.4 Å². The molecule has 1 aromatic carbocycles. The summed E-state index contributed by atoms with van der Waals surface area (Å²) >= 11 is 0. The molecule has 1 aliphatic heterocycles. The molecule has 1 saturated heterocycles. The normalized spacial score (nSPS) is 16.8. The number of carbonyl (C=O) groups excluding carboxylic acids is 2. The van der Waals surface area contributed by atoms with Crippen molar-refractivity contribution in [1.29, 1.82) is 0 Å². The quantitative estimate of drug-likeness (QED) is 0.589. The van der Waals surface area contributed by atoms with Crippen molar-refractivity contribution in [3.05, 3.63) is 72.1 Å². The van der Waals surface area contributed by atoms with Crippen molar-refractivity contribution in [3.63, 3.8) is 0 Å². The molecule has 0 spiro atoms. The van der Waals surface area contributed by atoms with Crippen LogP contribution in [0.5, 0.6) is 0 Å². The molecule has 0 aliphatic carbocycles. The number of carbonyl (C=O) groups is 2. The smallest absolute Gasteiger partial charge is 0.276 e. The molecule has 0 bridgehead atoms. The molecular formula is C22H24N6O2. The second-order valence-electron chi connectivity index (χ2n) is 7.46. The Hall–Kier alpha value is -3.55. The molecule has 1 fully saturated rings. The van der Waals surface area contributed by atoms with E-state index in [-0.39, 0.29) is 17.6 Å². The number of hydrogen-bond acceptors (Lipinski definition) is 5. The van der Waals surface area contributed by atoms with Crippen LogP contribution in [0.15, 0.2) is 55.0 Å². The van der Waals surface area contributed by atoms with Crippen LogP contribution < -0.4 is 0 Å². The van der Waals surface area contributed by atoms with Gasteiger partial charge in [-0.15, -0.1) is 5.10 Å². The van der Waals surface area contributed by atoms with Crippen LogP contribution in [-0.4, -0.2) is 54.2 Å². The van der Waals surface area contributed by atoms with Crippen molar-refractivity contribution in [2.45, 2.75) is 19.4 Å². The highest BCUT2D eigenvalue weighted by Crippen LogP contribution is 2.21. The van der Waals surface area contributed by atoms with Crippen molar-refractivity contribution >= 4 is 17.8 Å². The lowest BCUT2D eigenvalue weighted by atomic mass is 9.93. The zero-order valence-electron chi connectivity index (χ0n) is 16.9. The zero-order valence-corrected chi connectivity index (χ0v) is 16.9. The standard InChI is InChI=1S/C22H24N6O2/c1-26-14-11-23-21(26)20(29)18-10-6-12-27(15-18)22(30)19-16-28(25-24-19)13-5-9-17-7-3-2-4-8-17/h2-5,7-9,11,14,16,18H,6,10,12-13,15H2,1H3. The van der Waals surface area contributed by atoms with Gasteiger partial charge in [-0.05, 0) is 18.4 Å². The number of piperidine rings is 1. The molecule has 0 saturated carbocycles. The monoisotopic (exact) mass is 404 g/mol. The first-order chi connectivity index (χ1) is 14.6. The summed E-state index contributed by atoms with van der Waals surface area (Å²) in [6.07, 6.45) is 10.5. The van der Waals surface area contributed by atoms with Gasteiger partial charge in [0, 0.05) is 38.4 Å². The minimum Gasteiger partial charge on any atom is -0.336 e. The summed E-state index contributed by atoms with van der Waals surface area (Å²) in [6, 6.07) is 9.98. The lowest BCUT2D eigenvalue weighted by molar-refractivity contribution is 0.0628. The van der Waals surface area contributed by atoms with E-state index in [2.05, 4.69) is 15.3 Å². The van der Waals surface area contributed by atoms with Gasteiger partial charge >= 0.3 is 0 Å². The highest BCUT2D eigenvalue weighted by molar-refractivity contribution is 5.96. The van der Waals surface area contributed by atoms with Gasteiger partial charge in [0.1, 0.15) is 0 Å². The number of rotatable bonds is 6. The fourth-order valence-electron chi connectivity index (χ4n) is 3.67. The minimum absolute atomic E-state index is 0.0188. The Labute approximate surface area is 174 Å². The van der Waals surface area contributed by atoms with Gasteiger partial charge in [-0.1, -0.05) is 47.7 Å². The Balaban J connectivity index is 1.38. The highest BCUT2D eigenvalue weighted by Gasteiger charge is 2.31. The maximum atomic E-state index is 12.9. The molecule has 1 atom stereocenters. The second kappa shape index (κ2) is 8.86. The summed E-state index contributed by atoms with van der Waals surface area (Å²) in [5.74, 6) is -0.0153. The molecule has 3 heterocycles. The molecule has 154 valence electrons. The van der Waals surface area contributed by atoms with Gasteiger partial charge in [-0.2, -0.15) is 0 Å². The van der Waals surface area contributed by atoms with E-state index in [1.165, 1.54) is 0 Å². The maximum absolute atomic E-state index is 12.9. The molecule has 3 aromatic rings. The Bertz CT molecular complexity index is 1050. The van der Waals surface area contributed by atoms with E-state index in [0.29, 0.717) is 31.2 Å². The number of aromatic nitrogens is 5. The average Bonchev–Trinajstić information content (AvgIpc) is 3.43. The van der Waals surface area contributed by atoms with Crippen LogP contribution in [0, 0.1) is 5.92 Å². The summed E-state index contributed by atoms with van der Waals surface area (Å²) in [4.78, 5) is 31.5. The van der Waals surface area contributed by atoms with Crippen LogP contribution >= 0.6 is 0 Å². The number of amides is 1. The lowest BCUT2D eigenvalue weighted by Gasteiger charge is -2.31. The van der Waals surface area contributed by atoms with Gasteiger partial charge in [-0.25, -0.2) is 9.67 Å². The summed E-state index contributed by atoms with van der Waals surface area (Å²) in [5, 5.41) is 8.09. The highest BCUT2D eigenvalue weighted by atomic mass is 16.2. The lowest BCUT2D eigenvalue weighted by Crippen LogP contribution is -2.42. The Kier molecular flexibility index (Phi) is 5.83. The topological polar surface area (TPSA) is 85.9 Å². The van der Waals surface area contributed by atoms with E-state index in [1.807, 2.05) is 42.5 Å². The minimum atomic E-state index is -0.243. The number of benzene rings is 1. The summed E-state index contributed by atoms with van der Waals surface area (Å²) in [5.41, 5.74) is 1.40. The molecule has 8 heteroatoms. The fraction of sp³-hybridized carbons (Fsp3) is 0.318. The van der Waals surface area contributed by atoms with Crippen molar-refractivity contribution in [3.8, 4) is 0 Å². The predicted molar refractivity (Wildman–Crippen MR) is 112 cm³/mol. The molecule has 8 nitrogen and oxygen atoms in total. The summed E-state index contributed by atoms with van der Waals surface area (Å²) in [7, 11) is 1.80. The molecule has 4 rings (SSSR count). The molecule has 30 heavy (non-hydrogen) atoms. The molecule has 0 N–H and O–H groups in total. The molecule has 0 radical (unpaired) electrons. The molecular weight excluding hydrogens is 380 g/mol. The number of aryl methyl sites for hydroxylation is 1. The average molecular weight is 404 g/mol. The van der Waals surface area contributed by atoms with Crippen LogP contribution in [0.3, 0.4) is 0 Å². The number of Topliss-reactive ketones (excluding diaryl/α,β-unsaturated/α-hetero) is 1. The first-order valence-electron chi connectivity index (χ1n) is 10.0. The third-order valence-corrected chi connectivity index (χ3v) is 5.28. The number of likely N-dealkylation sites (tertiary alicyclic amines) is 1.